The van der Waals surface area contributed by atoms with Crippen molar-refractivity contribution in [3.05, 3.63) is 69.1 Å². The van der Waals surface area contributed by atoms with Crippen LogP contribution in [0.4, 0.5) is 4.79 Å². The lowest BCUT2D eigenvalue weighted by Crippen LogP contribution is -2.53. The van der Waals surface area contributed by atoms with Gasteiger partial charge in [-0.15, -0.1) is 10.2 Å². The Balaban J connectivity index is 0.000000160. The van der Waals surface area contributed by atoms with Crippen LogP contribution in [0.15, 0.2) is 54.8 Å². The van der Waals surface area contributed by atoms with E-state index in [1.807, 2.05) is 74.3 Å². The molecule has 2 aromatic carbocycles. The van der Waals surface area contributed by atoms with Crippen LogP contribution in [-0.2, 0) is 29.9 Å². The average molecular weight is 671 g/mol. The van der Waals surface area contributed by atoms with E-state index in [2.05, 4.69) is 30.7 Å². The molecule has 16 heteroatoms. The summed E-state index contributed by atoms with van der Waals surface area (Å²) in [6.07, 6.45) is 5.22. The number of amides is 1. The van der Waals surface area contributed by atoms with Crippen molar-refractivity contribution in [3.63, 3.8) is 0 Å². The van der Waals surface area contributed by atoms with Gasteiger partial charge >= 0.3 is 17.6 Å². The number of aromatic nitrogens is 8. The van der Waals surface area contributed by atoms with Gasteiger partial charge in [-0.25, -0.2) is 34.5 Å². The maximum atomic E-state index is 12.4. The second-order valence-electron chi connectivity index (χ2n) is 13.8. The van der Waals surface area contributed by atoms with Crippen LogP contribution in [0.25, 0.3) is 45.0 Å². The van der Waals surface area contributed by atoms with Crippen LogP contribution in [0.2, 0.25) is 0 Å². The number of aryl methyl sites for hydroxylation is 2. The number of aromatic amines is 2. The van der Waals surface area contributed by atoms with Crippen LogP contribution in [0, 0.1) is 0 Å². The number of H-pyrrole nitrogens is 2. The number of nitrogens with zero attached hydrogens (tertiary/aromatic N) is 6. The van der Waals surface area contributed by atoms with Gasteiger partial charge in [-0.05, 0) is 95.7 Å². The molecule has 6 aromatic rings. The van der Waals surface area contributed by atoms with E-state index >= 15 is 0 Å². The van der Waals surface area contributed by atoms with Crippen molar-refractivity contribution in [1.82, 2.24) is 44.8 Å². The monoisotopic (exact) mass is 670 g/mol. The van der Waals surface area contributed by atoms with E-state index in [4.69, 9.17) is 24.3 Å². The second kappa shape index (κ2) is 11.6. The molecule has 0 unspecified atom stereocenters. The van der Waals surface area contributed by atoms with Crippen LogP contribution in [0.3, 0.4) is 0 Å². The zero-order chi connectivity index (χ0) is 34.7. The van der Waals surface area contributed by atoms with E-state index in [-0.39, 0.29) is 17.3 Å². The lowest BCUT2D eigenvalue weighted by Gasteiger charge is -2.41. The molecule has 0 bridgehead atoms. The summed E-state index contributed by atoms with van der Waals surface area (Å²) in [4.78, 5) is 44.1. The highest BCUT2D eigenvalue weighted by molar-refractivity contribution is 5.82. The molecule has 0 spiro atoms. The summed E-state index contributed by atoms with van der Waals surface area (Å²) in [5, 5.41) is 15.3. The van der Waals surface area contributed by atoms with E-state index in [0.717, 1.165) is 77.8 Å². The third-order valence-electron chi connectivity index (χ3n) is 9.20. The molecule has 2 aliphatic rings. The summed E-state index contributed by atoms with van der Waals surface area (Å²) in [5.74, 6) is 1.02. The second-order valence-corrected chi connectivity index (χ2v) is 13.8. The van der Waals surface area contributed by atoms with Crippen molar-refractivity contribution < 1.29 is 18.4 Å². The Labute approximate surface area is 279 Å². The molecular formula is C33H38N10O6. The Morgan fingerprint density at radius 2 is 1.33 bits per heavy atom. The molecule has 1 amide bonds. The zero-order valence-corrected chi connectivity index (χ0v) is 27.9. The van der Waals surface area contributed by atoms with E-state index in [1.165, 1.54) is 0 Å². The number of carbonyl (C=O) groups excluding carboxylic acids is 1. The number of nitrogens with one attached hydrogen (secondary N) is 3. The van der Waals surface area contributed by atoms with E-state index in [9.17, 15) is 14.4 Å². The number of benzene rings is 2. The third-order valence-corrected chi connectivity index (χ3v) is 9.20. The maximum Gasteiger partial charge on any atom is 0.434 e. The number of ether oxygens (including phenoxy) is 1. The summed E-state index contributed by atoms with van der Waals surface area (Å²) >= 11 is 0. The van der Waals surface area contributed by atoms with Gasteiger partial charge in [0.15, 0.2) is 0 Å². The smallest absolute Gasteiger partial charge is 0.434 e. The van der Waals surface area contributed by atoms with Gasteiger partial charge in [0, 0.05) is 25.2 Å². The van der Waals surface area contributed by atoms with Crippen LogP contribution >= 0.6 is 0 Å². The molecular weight excluding hydrogens is 632 g/mol. The molecule has 2 aliphatic carbocycles. The largest absolute Gasteiger partial charge is 0.444 e. The maximum absolute atomic E-state index is 12.4. The number of rotatable bonds is 5. The molecule has 16 nitrogen and oxygen atoms in total. The fourth-order valence-corrected chi connectivity index (χ4v) is 6.44. The van der Waals surface area contributed by atoms with E-state index in [1.54, 1.807) is 6.07 Å². The van der Waals surface area contributed by atoms with Crippen LogP contribution < -0.4 is 22.6 Å². The van der Waals surface area contributed by atoms with Gasteiger partial charge in [-0.2, -0.15) is 0 Å². The van der Waals surface area contributed by atoms with Gasteiger partial charge in [0.25, 0.3) is 0 Å². The minimum Gasteiger partial charge on any atom is -0.444 e. The van der Waals surface area contributed by atoms with Gasteiger partial charge < -0.3 is 33.8 Å². The molecule has 4 aromatic heterocycles. The molecule has 256 valence electrons. The van der Waals surface area contributed by atoms with Gasteiger partial charge in [0.1, 0.15) is 22.8 Å². The van der Waals surface area contributed by atoms with Crippen molar-refractivity contribution in [2.45, 2.75) is 76.0 Å². The highest BCUT2D eigenvalue weighted by atomic mass is 16.6. The normalized spacial score (nSPS) is 16.4. The Hall–Kier alpha value is -5.51. The molecule has 0 saturated heterocycles. The Kier molecular flexibility index (Phi) is 7.57. The number of imidazole rings is 2. The molecule has 0 atom stereocenters. The molecule has 0 aliphatic heterocycles. The van der Waals surface area contributed by atoms with Crippen molar-refractivity contribution in [2.75, 3.05) is 0 Å². The first-order valence-corrected chi connectivity index (χ1v) is 16.1. The summed E-state index contributed by atoms with van der Waals surface area (Å²) in [6.45, 7) is 5.51. The predicted molar refractivity (Wildman–Crippen MR) is 178 cm³/mol. The molecule has 0 radical (unpaired) electrons. The quantitative estimate of drug-likeness (QED) is 0.205. The molecule has 5 N–H and O–H groups in total. The third kappa shape index (κ3) is 5.92. The van der Waals surface area contributed by atoms with Crippen molar-refractivity contribution >= 4 is 28.2 Å². The van der Waals surface area contributed by atoms with Crippen LogP contribution in [-0.4, -0.2) is 51.2 Å². The van der Waals surface area contributed by atoms with Crippen molar-refractivity contribution in [3.8, 4) is 22.9 Å². The number of hydrogen-bond donors (Lipinski definition) is 4. The summed E-state index contributed by atoms with van der Waals surface area (Å²) in [5.41, 5.74) is 9.83. The Morgan fingerprint density at radius 3 is 1.73 bits per heavy atom. The molecule has 49 heavy (non-hydrogen) atoms. The predicted octanol–water partition coefficient (Wildman–Crippen LogP) is 4.08. The highest BCUT2D eigenvalue weighted by Gasteiger charge is 2.45. The first-order chi connectivity index (χ1) is 23.2. The van der Waals surface area contributed by atoms with Crippen molar-refractivity contribution in [1.29, 1.82) is 0 Å². The fraction of sp³-hybridized carbons (Fsp3) is 0.424. The lowest BCUT2D eigenvalue weighted by molar-refractivity contribution is 0.0362. The summed E-state index contributed by atoms with van der Waals surface area (Å²) in [7, 11) is 3.87. The first kappa shape index (κ1) is 32.1. The lowest BCUT2D eigenvalue weighted by atomic mass is 9.76. The Morgan fingerprint density at radius 1 is 0.837 bits per heavy atom. The number of carbonyl (C=O) groups is 1. The number of nitrogens with two attached hydrogens (primary N) is 1. The number of alkyl carbamates (subject to hydrolysis) is 1. The first-order valence-electron chi connectivity index (χ1n) is 16.1. The van der Waals surface area contributed by atoms with Crippen LogP contribution in [0.5, 0.6) is 0 Å². The van der Waals surface area contributed by atoms with Gasteiger partial charge in [0.2, 0.25) is 11.8 Å². The number of hydrogen-bond acceptors (Lipinski definition) is 11. The number of fused-ring (bicyclic) bond motifs is 2. The standard InChI is InChI=1S/C19H23N5O4.C14H15N5O2/c1-18(2,3)28-16(25)21-19(8-5-9-19)15-20-12-7-6-11(10-13(12)24(15)4)14-22-23-17(26)27-14;1-19-10-7-8(11-17-18-13(20)21-11)3-4-9(10)16-12(19)14(15)5-2-6-14/h6-7,10H,5,8-9H2,1-4H3,(H,21,25)(H,23,26);3-4,7H,2,5-6,15H2,1H3,(H,18,20). The molecule has 2 saturated carbocycles. The molecule has 2 fully saturated rings. The summed E-state index contributed by atoms with van der Waals surface area (Å²) in [6, 6.07) is 11.2. The van der Waals surface area contributed by atoms with E-state index in [0.29, 0.717) is 5.56 Å². The van der Waals surface area contributed by atoms with Crippen LogP contribution in [0.1, 0.15) is 70.9 Å². The fourth-order valence-electron chi connectivity index (χ4n) is 6.44. The minimum absolute atomic E-state index is 0.222. The molecule has 8 rings (SSSR count). The van der Waals surface area contributed by atoms with Crippen molar-refractivity contribution in [2.24, 2.45) is 19.8 Å². The van der Waals surface area contributed by atoms with Gasteiger partial charge in [-0.3, -0.25) is 0 Å². The zero-order valence-electron chi connectivity index (χ0n) is 27.9. The van der Waals surface area contributed by atoms with Gasteiger partial charge in [0.05, 0.1) is 27.6 Å². The van der Waals surface area contributed by atoms with Gasteiger partial charge in [-0.1, -0.05) is 0 Å². The Bertz CT molecular complexity index is 2310. The van der Waals surface area contributed by atoms with E-state index < -0.39 is 28.7 Å². The average Bonchev–Trinajstić information content (AvgIpc) is 3.80. The highest BCUT2D eigenvalue weighted by Crippen LogP contribution is 2.42. The SMILES string of the molecule is Cn1c(C2(N)CCC2)nc2ccc(-c3n[nH]c(=O)o3)cc21.Cn1c(C2(NC(=O)OC(C)(C)C)CCC2)nc2ccc(-c3n[nH]c(=O)o3)cc21. The molecule has 4 heterocycles. The minimum atomic E-state index is -0.601. The topological polar surface area (TPSA) is 218 Å². The summed E-state index contributed by atoms with van der Waals surface area (Å²) < 4.78 is 19.4.